The highest BCUT2D eigenvalue weighted by molar-refractivity contribution is 6.76. The molecule has 0 bridgehead atoms. The van der Waals surface area contributed by atoms with Gasteiger partial charge in [0.1, 0.15) is 6.10 Å². The number of carbonyl (C=O) groups is 2. The Balaban J connectivity index is 2.59. The van der Waals surface area contributed by atoms with Crippen molar-refractivity contribution in [2.24, 2.45) is 0 Å². The summed E-state index contributed by atoms with van der Waals surface area (Å²) < 4.78 is 7.64. The Morgan fingerprint density at radius 1 is 1.47 bits per heavy atom. The number of alkyl halides is 3. The predicted molar refractivity (Wildman–Crippen MR) is 63.2 cm³/mol. The number of methoxy groups -OCH3 is 1. The Hall–Kier alpha value is -0.230. The molecule has 1 rings (SSSR count). The van der Waals surface area contributed by atoms with E-state index in [9.17, 15) is 9.59 Å². The van der Waals surface area contributed by atoms with Gasteiger partial charge in [-0.15, -0.1) is 0 Å². The first-order chi connectivity index (χ1) is 7.75. The maximum atomic E-state index is 11.5. The number of amides is 1. The van der Waals surface area contributed by atoms with Crippen LogP contribution in [0, 0.1) is 0 Å². The summed E-state index contributed by atoms with van der Waals surface area (Å²) in [5, 5.41) is 2.45. The Bertz CT molecular complexity index is 318. The molecule has 17 heavy (non-hydrogen) atoms. The molecular weight excluding hydrogens is 292 g/mol. The van der Waals surface area contributed by atoms with Crippen LogP contribution in [-0.4, -0.2) is 41.0 Å². The minimum atomic E-state index is -2.06. The average molecular weight is 305 g/mol. The van der Waals surface area contributed by atoms with Gasteiger partial charge < -0.3 is 14.8 Å². The lowest BCUT2D eigenvalue weighted by molar-refractivity contribution is -0.141. The van der Waals surface area contributed by atoms with E-state index in [2.05, 4.69) is 10.1 Å². The van der Waals surface area contributed by atoms with E-state index in [0.29, 0.717) is 0 Å². The van der Waals surface area contributed by atoms with E-state index < -0.39 is 21.7 Å². The van der Waals surface area contributed by atoms with Gasteiger partial charge in [-0.3, -0.25) is 9.59 Å². The van der Waals surface area contributed by atoms with Crippen molar-refractivity contribution in [1.29, 1.82) is 0 Å². The summed E-state index contributed by atoms with van der Waals surface area (Å²) in [4.78, 5) is 22.6. The quantitative estimate of drug-likeness (QED) is 0.481. The molecule has 1 fully saturated rings. The lowest BCUT2D eigenvalue weighted by Gasteiger charge is -2.18. The number of hydrogen-bond donors (Lipinski definition) is 1. The zero-order valence-electron chi connectivity index (χ0n) is 9.21. The molecule has 0 spiro atoms. The molecule has 0 aromatic carbocycles. The van der Waals surface area contributed by atoms with Crippen LogP contribution in [0.25, 0.3) is 0 Å². The van der Waals surface area contributed by atoms with Gasteiger partial charge in [0, 0.05) is 0 Å². The van der Waals surface area contributed by atoms with Crippen LogP contribution in [0.1, 0.15) is 13.3 Å². The van der Waals surface area contributed by atoms with Crippen molar-refractivity contribution in [1.82, 2.24) is 5.32 Å². The van der Waals surface area contributed by atoms with Crippen LogP contribution < -0.4 is 5.32 Å². The van der Waals surface area contributed by atoms with Gasteiger partial charge in [0.2, 0.25) is 0 Å². The summed E-state index contributed by atoms with van der Waals surface area (Å²) in [5.74, 6) is -1.26. The smallest absolute Gasteiger partial charge is 0.307 e. The summed E-state index contributed by atoms with van der Waals surface area (Å²) in [5.41, 5.74) is 0. The van der Waals surface area contributed by atoms with Gasteiger partial charge in [-0.1, -0.05) is 34.8 Å². The number of ether oxygens (including phenoxy) is 2. The second-order valence-corrected chi connectivity index (χ2v) is 5.95. The van der Waals surface area contributed by atoms with E-state index in [1.165, 1.54) is 7.11 Å². The van der Waals surface area contributed by atoms with Crippen molar-refractivity contribution in [3.8, 4) is 0 Å². The van der Waals surface area contributed by atoms with Gasteiger partial charge in [0.15, 0.2) is 0 Å². The summed E-state index contributed by atoms with van der Waals surface area (Å²) in [6, 6.07) is -0.555. The molecule has 1 amide bonds. The Labute approximate surface area is 114 Å². The van der Waals surface area contributed by atoms with Crippen LogP contribution in [0.15, 0.2) is 0 Å². The van der Waals surface area contributed by atoms with Crippen molar-refractivity contribution in [3.05, 3.63) is 0 Å². The van der Waals surface area contributed by atoms with Crippen LogP contribution in [0.5, 0.6) is 0 Å². The number of esters is 1. The summed E-state index contributed by atoms with van der Waals surface area (Å²) in [7, 11) is 1.26. The van der Waals surface area contributed by atoms with E-state index in [1.54, 1.807) is 0 Å². The van der Waals surface area contributed by atoms with E-state index in [4.69, 9.17) is 39.5 Å². The fourth-order valence-corrected chi connectivity index (χ4v) is 1.55. The first-order valence-electron chi connectivity index (χ1n) is 4.85. The molecule has 0 unspecified atom stereocenters. The average Bonchev–Trinajstić information content (AvgIpc) is 2.92. The molecule has 0 radical (unpaired) electrons. The molecule has 1 saturated heterocycles. The van der Waals surface area contributed by atoms with Crippen LogP contribution in [0.3, 0.4) is 0 Å². The fraction of sp³-hybridized carbons (Fsp3) is 0.778. The molecule has 98 valence electrons. The van der Waals surface area contributed by atoms with Crippen molar-refractivity contribution in [2.45, 2.75) is 35.4 Å². The highest BCUT2D eigenvalue weighted by Gasteiger charge is 2.45. The summed E-state index contributed by atoms with van der Waals surface area (Å²) in [6.45, 7) is 1.82. The monoisotopic (exact) mass is 303 g/mol. The lowest BCUT2D eigenvalue weighted by atomic mass is 10.1. The van der Waals surface area contributed by atoms with Crippen molar-refractivity contribution in [3.63, 3.8) is 0 Å². The minimum absolute atomic E-state index is 0.0298. The van der Waals surface area contributed by atoms with Crippen LogP contribution in [0.2, 0.25) is 0 Å². The number of halogens is 3. The summed E-state index contributed by atoms with van der Waals surface area (Å²) >= 11 is 16.3. The van der Waals surface area contributed by atoms with Crippen LogP contribution >= 0.6 is 34.8 Å². The largest absolute Gasteiger partial charge is 0.469 e. The first-order valence-corrected chi connectivity index (χ1v) is 5.99. The molecule has 1 aliphatic rings. The van der Waals surface area contributed by atoms with E-state index in [1.807, 2.05) is 6.92 Å². The summed E-state index contributed by atoms with van der Waals surface area (Å²) in [6.07, 6.45) is -0.330. The van der Waals surface area contributed by atoms with Crippen LogP contribution in [0.4, 0.5) is 0 Å². The zero-order chi connectivity index (χ0) is 13.2. The van der Waals surface area contributed by atoms with Gasteiger partial charge >= 0.3 is 5.97 Å². The number of carbonyl (C=O) groups excluding carboxylic acids is 2. The molecule has 5 nitrogen and oxygen atoms in total. The maximum Gasteiger partial charge on any atom is 0.307 e. The van der Waals surface area contributed by atoms with E-state index >= 15 is 0 Å². The second-order valence-electron chi connectivity index (χ2n) is 3.66. The van der Waals surface area contributed by atoms with Gasteiger partial charge in [0.25, 0.3) is 9.70 Å². The number of nitrogens with one attached hydrogen (secondary N) is 1. The van der Waals surface area contributed by atoms with Gasteiger partial charge in [-0.05, 0) is 6.92 Å². The van der Waals surface area contributed by atoms with Gasteiger partial charge in [0.05, 0.1) is 25.7 Å². The SMILES string of the molecule is COC(=O)C[C@@H](NC(=O)C(Cl)(Cl)Cl)[C@H]1O[C@H]1C. The molecule has 0 aliphatic carbocycles. The molecule has 1 aliphatic heterocycles. The van der Waals surface area contributed by atoms with E-state index in [0.717, 1.165) is 0 Å². The topological polar surface area (TPSA) is 67.9 Å². The highest BCUT2D eigenvalue weighted by atomic mass is 35.6. The Morgan fingerprint density at radius 3 is 2.35 bits per heavy atom. The highest BCUT2D eigenvalue weighted by Crippen LogP contribution is 2.30. The number of hydrogen-bond acceptors (Lipinski definition) is 4. The van der Waals surface area contributed by atoms with E-state index in [-0.39, 0.29) is 18.6 Å². The van der Waals surface area contributed by atoms with Gasteiger partial charge in [-0.25, -0.2) is 0 Å². The third-order valence-electron chi connectivity index (χ3n) is 2.34. The van der Waals surface area contributed by atoms with Gasteiger partial charge in [-0.2, -0.15) is 0 Å². The second kappa shape index (κ2) is 5.61. The standard InChI is InChI=1S/C9H12Cl3NO4/c1-4-7(17-4)5(3-6(14)16-2)13-8(15)9(10,11)12/h4-5,7H,3H2,1-2H3,(H,13,15)/t4-,5+,7-/m0/s1. The predicted octanol–water partition coefficient (Wildman–Crippen LogP) is 1.19. The third kappa shape index (κ3) is 4.50. The molecule has 1 N–H and O–H groups in total. The molecule has 3 atom stereocenters. The molecule has 8 heteroatoms. The van der Waals surface area contributed by atoms with Crippen molar-refractivity contribution >= 4 is 46.7 Å². The number of rotatable bonds is 4. The van der Waals surface area contributed by atoms with Crippen LogP contribution in [-0.2, 0) is 19.1 Å². The molecule has 0 saturated carbocycles. The molecular formula is C9H12Cl3NO4. The Kier molecular flexibility index (Phi) is 4.89. The Morgan fingerprint density at radius 2 is 2.00 bits per heavy atom. The lowest BCUT2D eigenvalue weighted by Crippen LogP contribution is -2.46. The third-order valence-corrected chi connectivity index (χ3v) is 2.86. The van der Waals surface area contributed by atoms with Crippen molar-refractivity contribution < 1.29 is 19.1 Å². The normalized spacial score (nSPS) is 25.0. The molecule has 0 aromatic heterocycles. The molecule has 0 aromatic rings. The van der Waals surface area contributed by atoms with Crippen molar-refractivity contribution in [2.75, 3.05) is 7.11 Å². The maximum absolute atomic E-state index is 11.5. The number of epoxide rings is 1. The zero-order valence-corrected chi connectivity index (χ0v) is 11.5. The molecule has 1 heterocycles. The fourth-order valence-electron chi connectivity index (χ4n) is 1.39. The minimum Gasteiger partial charge on any atom is -0.469 e. The first kappa shape index (κ1) is 14.8.